The lowest BCUT2D eigenvalue weighted by Crippen LogP contribution is -2.23. The fourth-order valence-electron chi connectivity index (χ4n) is 1.92. The minimum atomic E-state index is 0. The maximum Gasteiger partial charge on any atom is 0.193 e. The average molecular weight is 430 g/mol. The molecule has 1 unspecified atom stereocenters. The van der Waals surface area contributed by atoms with Gasteiger partial charge in [-0.1, -0.05) is 13.0 Å². The van der Waals surface area contributed by atoms with Gasteiger partial charge in [0, 0.05) is 22.7 Å². The summed E-state index contributed by atoms with van der Waals surface area (Å²) in [4.78, 5) is 8.89. The van der Waals surface area contributed by atoms with E-state index in [0.29, 0.717) is 12.5 Å². The number of thiazole rings is 1. The van der Waals surface area contributed by atoms with E-state index in [4.69, 9.17) is 5.73 Å². The molecule has 1 atom stereocenters. The molecule has 1 heterocycles. The Balaban J connectivity index is 0.00000242. The first-order valence-electron chi connectivity index (χ1n) is 7.02. The Morgan fingerprint density at radius 1 is 1.32 bits per heavy atom. The topological polar surface area (TPSA) is 63.3 Å². The number of benzene rings is 1. The van der Waals surface area contributed by atoms with Crippen molar-refractivity contribution in [2.45, 2.75) is 33.6 Å². The monoisotopic (exact) mass is 430 g/mol. The summed E-state index contributed by atoms with van der Waals surface area (Å²) in [5.41, 5.74) is 10.5. The van der Waals surface area contributed by atoms with Crippen molar-refractivity contribution in [2.24, 2.45) is 10.7 Å². The molecular formula is C16H23IN4S. The predicted molar refractivity (Wildman–Crippen MR) is 107 cm³/mol. The van der Waals surface area contributed by atoms with Gasteiger partial charge in [-0.25, -0.2) is 4.98 Å². The number of halogens is 1. The quantitative estimate of drug-likeness (QED) is 0.434. The molecule has 3 N–H and O–H groups in total. The van der Waals surface area contributed by atoms with Crippen molar-refractivity contribution in [3.05, 3.63) is 45.4 Å². The number of nitrogens with one attached hydrogen (secondary N) is 1. The maximum absolute atomic E-state index is 5.95. The molecule has 0 bridgehead atoms. The maximum atomic E-state index is 5.95. The van der Waals surface area contributed by atoms with E-state index in [-0.39, 0.29) is 29.9 Å². The van der Waals surface area contributed by atoms with Crippen LogP contribution in [-0.2, 0) is 0 Å². The van der Waals surface area contributed by atoms with Crippen molar-refractivity contribution in [1.29, 1.82) is 0 Å². The van der Waals surface area contributed by atoms with E-state index in [1.165, 1.54) is 11.1 Å². The highest BCUT2D eigenvalue weighted by atomic mass is 127. The standard InChI is InChI=1S/C16H22N4S.HI/c1-10-5-6-14(7-11(10)2)20-16(17)18-8-12(3)15-19-13(4)9-21-15;/h5-7,9,12H,8H2,1-4H3,(H3,17,18,20);1H. The van der Waals surface area contributed by atoms with Crippen LogP contribution >= 0.6 is 35.3 Å². The van der Waals surface area contributed by atoms with Crippen molar-refractivity contribution in [2.75, 3.05) is 11.9 Å². The third kappa shape index (κ3) is 5.24. The highest BCUT2D eigenvalue weighted by Crippen LogP contribution is 2.20. The summed E-state index contributed by atoms with van der Waals surface area (Å²) in [6.45, 7) is 8.93. The summed E-state index contributed by atoms with van der Waals surface area (Å²) in [6.07, 6.45) is 0. The number of hydrogen-bond acceptors (Lipinski definition) is 3. The van der Waals surface area contributed by atoms with E-state index in [0.717, 1.165) is 16.4 Å². The molecular weight excluding hydrogens is 407 g/mol. The normalized spacial score (nSPS) is 12.6. The zero-order valence-corrected chi connectivity index (χ0v) is 16.5. The lowest BCUT2D eigenvalue weighted by Gasteiger charge is -2.09. The first-order valence-corrected chi connectivity index (χ1v) is 7.90. The Kier molecular flexibility index (Phi) is 7.28. The van der Waals surface area contributed by atoms with Gasteiger partial charge in [0.05, 0.1) is 11.6 Å². The molecule has 6 heteroatoms. The van der Waals surface area contributed by atoms with E-state index < -0.39 is 0 Å². The Hall–Kier alpha value is -1.15. The van der Waals surface area contributed by atoms with Gasteiger partial charge in [0.15, 0.2) is 5.96 Å². The average Bonchev–Trinajstić information content (AvgIpc) is 2.87. The summed E-state index contributed by atoms with van der Waals surface area (Å²) in [6, 6.07) is 6.16. The number of nitrogens with two attached hydrogens (primary N) is 1. The van der Waals surface area contributed by atoms with Crippen molar-refractivity contribution in [3.8, 4) is 0 Å². The zero-order chi connectivity index (χ0) is 15.4. The Morgan fingerprint density at radius 2 is 2.05 bits per heavy atom. The second-order valence-corrected chi connectivity index (χ2v) is 6.27. The van der Waals surface area contributed by atoms with Gasteiger partial charge in [0.1, 0.15) is 0 Å². The molecule has 0 aliphatic rings. The van der Waals surface area contributed by atoms with Crippen molar-refractivity contribution < 1.29 is 0 Å². The van der Waals surface area contributed by atoms with Gasteiger partial charge in [-0.05, 0) is 44.0 Å². The second kappa shape index (κ2) is 8.47. The second-order valence-electron chi connectivity index (χ2n) is 5.38. The van der Waals surface area contributed by atoms with Crippen LogP contribution in [0.15, 0.2) is 28.6 Å². The molecule has 0 amide bonds. The van der Waals surface area contributed by atoms with Crippen LogP contribution in [0.5, 0.6) is 0 Å². The molecule has 120 valence electrons. The van der Waals surface area contributed by atoms with E-state index >= 15 is 0 Å². The summed E-state index contributed by atoms with van der Waals surface area (Å²) < 4.78 is 0. The number of hydrogen-bond donors (Lipinski definition) is 2. The first-order chi connectivity index (χ1) is 9.95. The molecule has 0 aliphatic heterocycles. The molecule has 1 aromatic carbocycles. The molecule has 0 aliphatic carbocycles. The van der Waals surface area contributed by atoms with E-state index in [1.807, 2.05) is 13.0 Å². The molecule has 1 aromatic heterocycles. The largest absolute Gasteiger partial charge is 0.370 e. The fourth-order valence-corrected chi connectivity index (χ4v) is 2.77. The van der Waals surface area contributed by atoms with Crippen LogP contribution < -0.4 is 11.1 Å². The van der Waals surface area contributed by atoms with Crippen LogP contribution in [0.25, 0.3) is 0 Å². The van der Waals surface area contributed by atoms with Crippen molar-refractivity contribution in [1.82, 2.24) is 4.98 Å². The number of anilines is 1. The van der Waals surface area contributed by atoms with Gasteiger partial charge in [-0.15, -0.1) is 35.3 Å². The Bertz CT molecular complexity index is 651. The summed E-state index contributed by atoms with van der Waals surface area (Å²) in [5, 5.41) is 6.30. The fraction of sp³-hybridized carbons (Fsp3) is 0.375. The van der Waals surface area contributed by atoms with Gasteiger partial charge in [0.2, 0.25) is 0 Å². The predicted octanol–water partition coefficient (Wildman–Crippen LogP) is 4.22. The molecule has 0 fully saturated rings. The summed E-state index contributed by atoms with van der Waals surface area (Å²) in [5.74, 6) is 0.724. The van der Waals surface area contributed by atoms with Crippen LogP contribution in [0.3, 0.4) is 0 Å². The molecule has 0 radical (unpaired) electrons. The van der Waals surface area contributed by atoms with Crippen LogP contribution in [0.4, 0.5) is 5.69 Å². The minimum Gasteiger partial charge on any atom is -0.370 e. The molecule has 22 heavy (non-hydrogen) atoms. The van der Waals surface area contributed by atoms with Gasteiger partial charge >= 0.3 is 0 Å². The van der Waals surface area contributed by atoms with Crippen LogP contribution in [0, 0.1) is 20.8 Å². The van der Waals surface area contributed by atoms with Gasteiger partial charge < -0.3 is 11.1 Å². The van der Waals surface area contributed by atoms with E-state index in [2.05, 4.69) is 53.6 Å². The smallest absolute Gasteiger partial charge is 0.193 e. The summed E-state index contributed by atoms with van der Waals surface area (Å²) in [7, 11) is 0. The first kappa shape index (κ1) is 18.9. The number of guanidine groups is 1. The molecule has 2 rings (SSSR count). The lowest BCUT2D eigenvalue weighted by molar-refractivity contribution is 0.763. The van der Waals surface area contributed by atoms with Crippen LogP contribution in [0.1, 0.15) is 34.7 Å². The summed E-state index contributed by atoms with van der Waals surface area (Å²) >= 11 is 1.68. The minimum absolute atomic E-state index is 0. The lowest BCUT2D eigenvalue weighted by atomic mass is 10.1. The number of aromatic nitrogens is 1. The number of rotatable bonds is 4. The number of aliphatic imine (C=N–C) groups is 1. The third-order valence-corrected chi connectivity index (χ3v) is 4.57. The SMILES string of the molecule is Cc1csc(C(C)CN=C(N)Nc2ccc(C)c(C)c2)n1.I. The number of nitrogens with zero attached hydrogens (tertiary/aromatic N) is 2. The van der Waals surface area contributed by atoms with Crippen LogP contribution in [0.2, 0.25) is 0 Å². The third-order valence-electron chi connectivity index (χ3n) is 3.37. The molecule has 0 saturated carbocycles. The van der Waals surface area contributed by atoms with Crippen LogP contribution in [-0.4, -0.2) is 17.5 Å². The van der Waals surface area contributed by atoms with Gasteiger partial charge in [-0.3, -0.25) is 4.99 Å². The Labute approximate surface area is 153 Å². The molecule has 4 nitrogen and oxygen atoms in total. The van der Waals surface area contributed by atoms with Crippen molar-refractivity contribution >= 4 is 47.0 Å². The zero-order valence-electron chi connectivity index (χ0n) is 13.4. The van der Waals surface area contributed by atoms with Crippen molar-refractivity contribution in [3.63, 3.8) is 0 Å². The highest BCUT2D eigenvalue weighted by Gasteiger charge is 2.09. The molecule has 2 aromatic rings. The molecule has 0 saturated heterocycles. The Morgan fingerprint density at radius 3 is 2.64 bits per heavy atom. The number of aryl methyl sites for hydroxylation is 3. The van der Waals surface area contributed by atoms with E-state index in [1.54, 1.807) is 11.3 Å². The van der Waals surface area contributed by atoms with E-state index in [9.17, 15) is 0 Å². The highest BCUT2D eigenvalue weighted by molar-refractivity contribution is 14.0. The van der Waals surface area contributed by atoms with Gasteiger partial charge in [-0.2, -0.15) is 0 Å². The van der Waals surface area contributed by atoms with Gasteiger partial charge in [0.25, 0.3) is 0 Å². The molecule has 0 spiro atoms.